The average molecular weight is 401 g/mol. The van der Waals surface area contributed by atoms with Gasteiger partial charge in [0.1, 0.15) is 0 Å². The van der Waals surface area contributed by atoms with Crippen LogP contribution in [0, 0.1) is 13.8 Å². The van der Waals surface area contributed by atoms with Crippen molar-refractivity contribution < 1.29 is 21.6 Å². The maximum atomic E-state index is 12.9. The van der Waals surface area contributed by atoms with Crippen LogP contribution in [0.3, 0.4) is 0 Å². The summed E-state index contributed by atoms with van der Waals surface area (Å²) in [5.74, 6) is -0.597. The van der Waals surface area contributed by atoms with Crippen LogP contribution >= 0.6 is 0 Å². The molecule has 1 N–H and O–H groups in total. The Hall–Kier alpha value is -1.71. The number of hydrogen-bond donors (Lipinski definition) is 1. The summed E-state index contributed by atoms with van der Waals surface area (Å²) >= 11 is 0. The zero-order chi connectivity index (χ0) is 19.5. The zero-order valence-electron chi connectivity index (χ0n) is 14.9. The summed E-state index contributed by atoms with van der Waals surface area (Å²) in [5, 5.41) is 2.61. The number of nitrogens with one attached hydrogen (secondary N) is 1. The van der Waals surface area contributed by atoms with Crippen LogP contribution < -0.4 is 5.32 Å². The molecule has 26 heavy (non-hydrogen) atoms. The number of aryl methyl sites for hydroxylation is 2. The molecule has 1 atom stereocenters. The van der Waals surface area contributed by atoms with Crippen molar-refractivity contribution in [3.05, 3.63) is 42.0 Å². The van der Waals surface area contributed by atoms with E-state index in [0.29, 0.717) is 6.42 Å². The molecule has 1 aromatic rings. The van der Waals surface area contributed by atoms with Crippen molar-refractivity contribution in [2.24, 2.45) is 0 Å². The summed E-state index contributed by atoms with van der Waals surface area (Å²) in [4.78, 5) is 12.4. The summed E-state index contributed by atoms with van der Waals surface area (Å²) in [6, 6.07) is 4.33. The summed E-state index contributed by atoms with van der Waals surface area (Å²) in [5.41, 5.74) is 1.81. The molecule has 0 radical (unpaired) electrons. The molecule has 0 spiro atoms. The van der Waals surface area contributed by atoms with Crippen LogP contribution in [-0.4, -0.2) is 57.7 Å². The van der Waals surface area contributed by atoms with Crippen LogP contribution in [-0.2, 0) is 24.7 Å². The second-order valence-corrected chi connectivity index (χ2v) is 10.7. The first-order valence-corrected chi connectivity index (χ1v) is 11.5. The highest BCUT2D eigenvalue weighted by atomic mass is 32.2. The molecular formula is C17H24N2O5S2. The first kappa shape index (κ1) is 20.6. The van der Waals surface area contributed by atoms with Gasteiger partial charge >= 0.3 is 0 Å². The number of carbonyl (C=O) groups excluding carboxylic acids is 1. The standard InChI is InChI=1S/C17H24N2O5S2/c1-4-8-19(11-17(20)18-15-7-9-25(21,22)12-15)26(23,24)16-6-5-13(2)14(3)10-16/h4-6,10,15H,1,7-9,11-12H2,2-3H3,(H,18,20)/t15-/m1/s1. The van der Waals surface area contributed by atoms with E-state index in [-0.39, 0.29) is 22.9 Å². The fraction of sp³-hybridized carbons (Fsp3) is 0.471. The molecule has 1 aliphatic heterocycles. The molecule has 0 saturated carbocycles. The highest BCUT2D eigenvalue weighted by molar-refractivity contribution is 7.91. The lowest BCUT2D eigenvalue weighted by Gasteiger charge is -2.21. The molecule has 9 heteroatoms. The van der Waals surface area contributed by atoms with Crippen molar-refractivity contribution in [2.75, 3.05) is 24.6 Å². The normalized spacial score (nSPS) is 19.4. The summed E-state index contributed by atoms with van der Waals surface area (Å²) in [7, 11) is -6.99. The fourth-order valence-corrected chi connectivity index (χ4v) is 5.88. The molecule has 1 amide bonds. The van der Waals surface area contributed by atoms with Gasteiger partial charge < -0.3 is 5.32 Å². The first-order valence-electron chi connectivity index (χ1n) is 8.23. The Labute approximate surface area is 155 Å². The van der Waals surface area contributed by atoms with E-state index >= 15 is 0 Å². The van der Waals surface area contributed by atoms with Crippen molar-refractivity contribution in [3.8, 4) is 0 Å². The smallest absolute Gasteiger partial charge is 0.243 e. The molecule has 1 aliphatic rings. The molecule has 1 heterocycles. The second-order valence-electron chi connectivity index (χ2n) is 6.50. The van der Waals surface area contributed by atoms with E-state index in [9.17, 15) is 21.6 Å². The number of sulfone groups is 1. The van der Waals surface area contributed by atoms with E-state index < -0.39 is 38.4 Å². The van der Waals surface area contributed by atoms with Gasteiger partial charge in [-0.15, -0.1) is 6.58 Å². The topological polar surface area (TPSA) is 101 Å². The van der Waals surface area contributed by atoms with Crippen LogP contribution in [0.4, 0.5) is 0 Å². The number of hydrogen-bond acceptors (Lipinski definition) is 5. The minimum absolute atomic E-state index is 0.0222. The summed E-state index contributed by atoms with van der Waals surface area (Å²) in [6.45, 7) is 6.84. The Kier molecular flexibility index (Phi) is 6.25. The molecule has 0 aromatic heterocycles. The molecule has 2 rings (SSSR count). The lowest BCUT2D eigenvalue weighted by molar-refractivity contribution is -0.121. The molecule has 7 nitrogen and oxygen atoms in total. The Morgan fingerprint density at radius 3 is 2.58 bits per heavy atom. The number of nitrogens with zero attached hydrogens (tertiary/aromatic N) is 1. The molecule has 1 fully saturated rings. The van der Waals surface area contributed by atoms with Gasteiger partial charge in [-0.25, -0.2) is 16.8 Å². The highest BCUT2D eigenvalue weighted by Gasteiger charge is 2.31. The number of carbonyl (C=O) groups is 1. The number of amides is 1. The lowest BCUT2D eigenvalue weighted by Crippen LogP contribution is -2.44. The van der Waals surface area contributed by atoms with Gasteiger partial charge in [-0.2, -0.15) is 4.31 Å². The third kappa shape index (κ3) is 4.93. The maximum absolute atomic E-state index is 12.9. The SMILES string of the molecule is C=CCN(CC(=O)N[C@@H]1CCS(=O)(=O)C1)S(=O)(=O)c1ccc(C)c(C)c1. The molecule has 0 unspecified atom stereocenters. The van der Waals surface area contributed by atoms with E-state index in [2.05, 4.69) is 11.9 Å². The van der Waals surface area contributed by atoms with Gasteiger partial charge in [0.2, 0.25) is 15.9 Å². The van der Waals surface area contributed by atoms with Gasteiger partial charge in [-0.1, -0.05) is 12.1 Å². The Morgan fingerprint density at radius 1 is 1.35 bits per heavy atom. The molecular weight excluding hydrogens is 376 g/mol. The summed E-state index contributed by atoms with van der Waals surface area (Å²) < 4.78 is 49.7. The predicted octanol–water partition coefficient (Wildman–Crippen LogP) is 0.783. The molecule has 1 saturated heterocycles. The monoisotopic (exact) mass is 400 g/mol. The van der Waals surface area contributed by atoms with E-state index in [1.54, 1.807) is 12.1 Å². The van der Waals surface area contributed by atoms with Gasteiger partial charge in [0.05, 0.1) is 22.9 Å². The minimum atomic E-state index is -3.87. The fourth-order valence-electron chi connectivity index (χ4n) is 2.76. The van der Waals surface area contributed by atoms with Crippen LogP contribution in [0.5, 0.6) is 0 Å². The predicted molar refractivity (Wildman–Crippen MR) is 100 cm³/mol. The molecule has 0 bridgehead atoms. The van der Waals surface area contributed by atoms with Gasteiger partial charge in [-0.3, -0.25) is 4.79 Å². The molecule has 0 aliphatic carbocycles. The largest absolute Gasteiger partial charge is 0.351 e. The second kappa shape index (κ2) is 7.89. The molecule has 144 valence electrons. The van der Waals surface area contributed by atoms with Gasteiger partial charge in [0, 0.05) is 12.6 Å². The van der Waals surface area contributed by atoms with Crippen LogP contribution in [0.15, 0.2) is 35.7 Å². The van der Waals surface area contributed by atoms with Crippen LogP contribution in [0.1, 0.15) is 17.5 Å². The zero-order valence-corrected chi connectivity index (χ0v) is 16.6. The van der Waals surface area contributed by atoms with E-state index in [4.69, 9.17) is 0 Å². The minimum Gasteiger partial charge on any atom is -0.351 e. The van der Waals surface area contributed by atoms with E-state index in [1.165, 1.54) is 12.1 Å². The quantitative estimate of drug-likeness (QED) is 0.682. The summed E-state index contributed by atoms with van der Waals surface area (Å²) in [6.07, 6.45) is 1.76. The number of rotatable bonds is 7. The third-order valence-corrected chi connectivity index (χ3v) is 7.94. The van der Waals surface area contributed by atoms with E-state index in [1.807, 2.05) is 13.8 Å². The van der Waals surface area contributed by atoms with Crippen molar-refractivity contribution in [2.45, 2.75) is 31.2 Å². The van der Waals surface area contributed by atoms with Crippen molar-refractivity contribution in [1.82, 2.24) is 9.62 Å². The Balaban J connectivity index is 2.15. The van der Waals surface area contributed by atoms with Crippen molar-refractivity contribution in [3.63, 3.8) is 0 Å². The van der Waals surface area contributed by atoms with Crippen LogP contribution in [0.2, 0.25) is 0 Å². The maximum Gasteiger partial charge on any atom is 0.243 e. The average Bonchev–Trinajstić information content (AvgIpc) is 2.88. The lowest BCUT2D eigenvalue weighted by atomic mass is 10.1. The van der Waals surface area contributed by atoms with E-state index in [0.717, 1.165) is 15.4 Å². The van der Waals surface area contributed by atoms with Crippen molar-refractivity contribution >= 4 is 25.8 Å². The number of benzene rings is 1. The third-order valence-electron chi connectivity index (χ3n) is 4.37. The molecule has 1 aromatic carbocycles. The van der Waals surface area contributed by atoms with Gasteiger partial charge in [0.25, 0.3) is 0 Å². The highest BCUT2D eigenvalue weighted by Crippen LogP contribution is 2.19. The first-order chi connectivity index (χ1) is 12.0. The Morgan fingerprint density at radius 2 is 2.04 bits per heavy atom. The Bertz CT molecular complexity index is 907. The van der Waals surface area contributed by atoms with Crippen LogP contribution in [0.25, 0.3) is 0 Å². The van der Waals surface area contributed by atoms with Gasteiger partial charge in [-0.05, 0) is 43.5 Å². The van der Waals surface area contributed by atoms with Crippen molar-refractivity contribution in [1.29, 1.82) is 0 Å². The van der Waals surface area contributed by atoms with Gasteiger partial charge in [0.15, 0.2) is 9.84 Å². The number of sulfonamides is 1.